The Morgan fingerprint density at radius 1 is 1.04 bits per heavy atom. The van der Waals surface area contributed by atoms with Crippen molar-refractivity contribution in [2.45, 2.75) is 6.54 Å². The maximum Gasteiger partial charge on any atom is 0.211 e. The van der Waals surface area contributed by atoms with Gasteiger partial charge in [0.15, 0.2) is 10.6 Å². The lowest BCUT2D eigenvalue weighted by molar-refractivity contribution is 0.421. The summed E-state index contributed by atoms with van der Waals surface area (Å²) in [5, 5.41) is 21.7. The largest absolute Gasteiger partial charge is 0.508 e. The minimum absolute atomic E-state index is 0.0892. The van der Waals surface area contributed by atoms with Crippen LogP contribution >= 0.6 is 11.3 Å². The second-order valence-corrected chi connectivity index (χ2v) is 6.82. The number of fused-ring (bicyclic) bond motifs is 1. The van der Waals surface area contributed by atoms with E-state index in [1.165, 1.54) is 11.3 Å². The highest BCUT2D eigenvalue weighted by molar-refractivity contribution is 7.10. The fourth-order valence-corrected chi connectivity index (χ4v) is 3.62. The van der Waals surface area contributed by atoms with E-state index >= 15 is 0 Å². The molecular formula is C20H16N4O2S. The smallest absolute Gasteiger partial charge is 0.211 e. The third kappa shape index (κ3) is 3.45. The summed E-state index contributed by atoms with van der Waals surface area (Å²) in [5.74, 6) is 0.803. The Labute approximate surface area is 158 Å². The van der Waals surface area contributed by atoms with E-state index in [1.54, 1.807) is 41.0 Å². The zero-order chi connectivity index (χ0) is 18.8. The number of nitrogens with zero attached hydrogens (tertiary/aromatic N) is 4. The molecule has 7 heteroatoms. The lowest BCUT2D eigenvalue weighted by Gasteiger charge is -2.00. The first-order valence-electron chi connectivity index (χ1n) is 8.25. The molecule has 3 aromatic rings. The van der Waals surface area contributed by atoms with Gasteiger partial charge < -0.3 is 10.2 Å². The molecule has 6 nitrogen and oxygen atoms in total. The zero-order valence-corrected chi connectivity index (χ0v) is 15.1. The van der Waals surface area contributed by atoms with Crippen LogP contribution in [-0.2, 0) is 6.54 Å². The van der Waals surface area contributed by atoms with Crippen molar-refractivity contribution in [1.82, 2.24) is 4.57 Å². The summed E-state index contributed by atoms with van der Waals surface area (Å²) in [6, 6.07) is 14.2. The van der Waals surface area contributed by atoms with E-state index in [1.807, 2.05) is 24.3 Å². The highest BCUT2D eigenvalue weighted by Crippen LogP contribution is 2.25. The molecule has 0 spiro atoms. The van der Waals surface area contributed by atoms with E-state index in [4.69, 9.17) is 0 Å². The zero-order valence-electron chi connectivity index (χ0n) is 14.3. The molecule has 0 saturated carbocycles. The lowest BCUT2D eigenvalue weighted by atomic mass is 10.3. The average Bonchev–Trinajstić information content (AvgIpc) is 3.20. The van der Waals surface area contributed by atoms with Crippen molar-refractivity contribution < 1.29 is 10.2 Å². The van der Waals surface area contributed by atoms with E-state index < -0.39 is 0 Å². The van der Waals surface area contributed by atoms with Crippen molar-refractivity contribution >= 4 is 23.1 Å². The van der Waals surface area contributed by atoms with Crippen molar-refractivity contribution in [3.63, 3.8) is 0 Å². The van der Waals surface area contributed by atoms with Gasteiger partial charge in [-0.2, -0.15) is 0 Å². The van der Waals surface area contributed by atoms with Crippen molar-refractivity contribution in [3.8, 4) is 11.6 Å². The molecule has 0 unspecified atom stereocenters. The first-order valence-corrected chi connectivity index (χ1v) is 9.07. The Bertz CT molecular complexity index is 1200. The van der Waals surface area contributed by atoms with Crippen LogP contribution in [0.15, 0.2) is 82.0 Å². The molecule has 2 aromatic carbocycles. The normalized spacial score (nSPS) is 13.0. The van der Waals surface area contributed by atoms with Crippen LogP contribution < -0.4 is 15.5 Å². The summed E-state index contributed by atoms with van der Waals surface area (Å²) in [6.07, 6.45) is 3.44. The van der Waals surface area contributed by atoms with Crippen LogP contribution in [0.3, 0.4) is 0 Å². The number of hydrogen-bond acceptors (Lipinski definition) is 6. The van der Waals surface area contributed by atoms with Gasteiger partial charge in [-0.05, 0) is 36.4 Å². The van der Waals surface area contributed by atoms with Gasteiger partial charge in [-0.3, -0.25) is 4.57 Å². The third-order valence-corrected chi connectivity index (χ3v) is 4.92. The molecule has 1 aliphatic heterocycles. The van der Waals surface area contributed by atoms with Gasteiger partial charge >= 0.3 is 0 Å². The highest BCUT2D eigenvalue weighted by Gasteiger charge is 2.12. The number of aromatic hydroxyl groups is 2. The van der Waals surface area contributed by atoms with Gasteiger partial charge in [0.2, 0.25) is 5.88 Å². The number of hydrogen-bond donors (Lipinski definition) is 2. The number of aromatic nitrogens is 1. The summed E-state index contributed by atoms with van der Waals surface area (Å²) in [5.41, 5.74) is 0.675. The van der Waals surface area contributed by atoms with Gasteiger partial charge in [-0.1, -0.05) is 29.5 Å². The predicted molar refractivity (Wildman–Crippen MR) is 104 cm³/mol. The molecule has 0 fully saturated rings. The van der Waals surface area contributed by atoms with E-state index in [2.05, 4.69) is 21.6 Å². The number of allylic oxidation sites excluding steroid dienone is 1. The van der Waals surface area contributed by atoms with Gasteiger partial charge in [0.25, 0.3) is 0 Å². The Morgan fingerprint density at radius 2 is 1.70 bits per heavy atom. The maximum atomic E-state index is 10.6. The number of thiazole rings is 1. The molecule has 0 saturated heterocycles. The summed E-state index contributed by atoms with van der Waals surface area (Å²) in [6.45, 7) is 4.16. The number of rotatable bonds is 4. The van der Waals surface area contributed by atoms with Crippen LogP contribution in [0.1, 0.15) is 4.88 Å². The molecule has 1 aromatic heterocycles. The van der Waals surface area contributed by atoms with Crippen LogP contribution in [0.25, 0.3) is 6.08 Å². The standard InChI is InChI=1S/C20H16N4O2S/c1-2-11-24-19(26)17(12-18-22-15-5-3-4-6-16(15)23-18)27-20(24)21-13-7-9-14(25)10-8-13/h2-10,12,25-26H,1,11H2. The second kappa shape index (κ2) is 7.05. The highest BCUT2D eigenvalue weighted by atomic mass is 32.1. The molecule has 0 atom stereocenters. The number of phenols is 1. The summed E-state index contributed by atoms with van der Waals surface area (Å²) < 4.78 is 1.67. The molecule has 0 bridgehead atoms. The fraction of sp³-hybridized carbons (Fsp3) is 0.0500. The number of phenolic OH excluding ortho intramolecular Hbond substituents is 1. The second-order valence-electron chi connectivity index (χ2n) is 5.81. The third-order valence-electron chi connectivity index (χ3n) is 3.91. The molecule has 0 aliphatic carbocycles. The number of para-hydroxylation sites is 2. The molecule has 4 rings (SSSR count). The quantitative estimate of drug-likeness (QED) is 0.686. The van der Waals surface area contributed by atoms with Crippen LogP contribution in [0, 0.1) is 0 Å². The molecular weight excluding hydrogens is 360 g/mol. The van der Waals surface area contributed by atoms with Crippen molar-refractivity contribution in [2.75, 3.05) is 0 Å². The summed E-state index contributed by atoms with van der Waals surface area (Å²) in [7, 11) is 0. The Kier molecular flexibility index (Phi) is 4.43. The lowest BCUT2D eigenvalue weighted by Crippen LogP contribution is -2.19. The summed E-state index contributed by atoms with van der Waals surface area (Å²) in [4.78, 5) is 14.7. The first kappa shape index (κ1) is 17.0. The predicted octanol–water partition coefficient (Wildman–Crippen LogP) is 2.63. The molecule has 134 valence electrons. The monoisotopic (exact) mass is 376 g/mol. The Morgan fingerprint density at radius 3 is 2.33 bits per heavy atom. The van der Waals surface area contributed by atoms with Crippen molar-refractivity contribution in [3.05, 3.63) is 87.4 Å². The molecule has 2 N–H and O–H groups in total. The van der Waals surface area contributed by atoms with Crippen LogP contribution in [0.2, 0.25) is 0 Å². The van der Waals surface area contributed by atoms with Gasteiger partial charge in [0, 0.05) is 12.6 Å². The Balaban J connectivity index is 1.81. The maximum absolute atomic E-state index is 10.6. The number of benzene rings is 2. The van der Waals surface area contributed by atoms with Gasteiger partial charge in [-0.25, -0.2) is 15.0 Å². The molecule has 1 aliphatic rings. The molecule has 0 radical (unpaired) electrons. The van der Waals surface area contributed by atoms with Crippen molar-refractivity contribution in [1.29, 1.82) is 0 Å². The van der Waals surface area contributed by atoms with Crippen molar-refractivity contribution in [2.24, 2.45) is 15.0 Å². The minimum atomic E-state index is 0.0892. The van der Waals surface area contributed by atoms with Crippen LogP contribution in [0.5, 0.6) is 11.6 Å². The van der Waals surface area contributed by atoms with Gasteiger partial charge in [0.1, 0.15) is 5.75 Å². The molecule has 2 heterocycles. The van der Waals surface area contributed by atoms with Gasteiger partial charge in [-0.15, -0.1) is 6.58 Å². The fourth-order valence-electron chi connectivity index (χ4n) is 2.64. The van der Waals surface area contributed by atoms with Crippen LogP contribution in [0.4, 0.5) is 5.69 Å². The minimum Gasteiger partial charge on any atom is -0.508 e. The van der Waals surface area contributed by atoms with Crippen LogP contribution in [-0.4, -0.2) is 14.8 Å². The van der Waals surface area contributed by atoms with E-state index in [0.717, 1.165) is 10.7 Å². The van der Waals surface area contributed by atoms with E-state index in [-0.39, 0.29) is 11.6 Å². The summed E-state index contributed by atoms with van der Waals surface area (Å²) >= 11 is 1.33. The van der Waals surface area contributed by atoms with E-state index in [9.17, 15) is 10.2 Å². The van der Waals surface area contributed by atoms with E-state index in [0.29, 0.717) is 27.7 Å². The average molecular weight is 376 g/mol. The molecule has 27 heavy (non-hydrogen) atoms. The SMILES string of the molecule is C=CCn1c(O)c(C=C2N=c3ccccc3=N2)sc1=Nc1ccc(O)cc1. The van der Waals surface area contributed by atoms with Gasteiger partial charge in [0.05, 0.1) is 21.3 Å². The topological polar surface area (TPSA) is 82.5 Å². The molecule has 0 amide bonds. The first-order chi connectivity index (χ1) is 13.1. The Hall–Kier alpha value is -3.45.